The Labute approximate surface area is 281 Å². The lowest BCUT2D eigenvalue weighted by molar-refractivity contribution is -0.137. The number of alkyl halides is 3. The minimum Gasteiger partial charge on any atom is -0.369 e. The highest BCUT2D eigenvalue weighted by Crippen LogP contribution is 2.31. The lowest BCUT2D eigenvalue weighted by atomic mass is 9.90. The number of carbonyl (C=O) groups excluding carboxylic acids is 1. The molecule has 0 bridgehead atoms. The Morgan fingerprint density at radius 2 is 1.67 bits per heavy atom. The first-order chi connectivity index (χ1) is 23.2. The zero-order chi connectivity index (χ0) is 33.5. The zero-order valence-corrected chi connectivity index (χ0v) is 27.4. The molecule has 0 radical (unpaired) electrons. The number of piperidine rings is 1. The van der Waals surface area contributed by atoms with Crippen LogP contribution < -0.4 is 4.90 Å². The first kappa shape index (κ1) is 33.8. The Morgan fingerprint density at radius 3 is 2.40 bits per heavy atom. The highest BCUT2D eigenvalue weighted by atomic mass is 19.4. The van der Waals surface area contributed by atoms with Crippen LogP contribution in [-0.4, -0.2) is 66.4 Å². The summed E-state index contributed by atoms with van der Waals surface area (Å²) in [7, 11) is 0. The van der Waals surface area contributed by atoms with Crippen LogP contribution in [0, 0.1) is 17.2 Å². The molecule has 6 nitrogen and oxygen atoms in total. The summed E-state index contributed by atoms with van der Waals surface area (Å²) < 4.78 is 39.2. The lowest BCUT2D eigenvalue weighted by Crippen LogP contribution is -2.46. The van der Waals surface area contributed by atoms with Gasteiger partial charge in [0.25, 0.3) is 0 Å². The van der Waals surface area contributed by atoms with Crippen LogP contribution in [0.1, 0.15) is 71.1 Å². The Kier molecular flexibility index (Phi) is 10.8. The van der Waals surface area contributed by atoms with Gasteiger partial charge in [-0.1, -0.05) is 18.2 Å². The molecule has 1 N–H and O–H groups in total. The van der Waals surface area contributed by atoms with Crippen LogP contribution in [0.3, 0.4) is 0 Å². The SMILES string of the molecule is N#Cc1ccc2[nH]cc(CCCCN3CCN(c4ccc(C(=O)CCC5CCN(Cc6cccc(C(F)(F)F)c6)CC5)cc4)CC3)c2c1. The zero-order valence-electron chi connectivity index (χ0n) is 27.4. The lowest BCUT2D eigenvalue weighted by Gasteiger charge is -2.36. The van der Waals surface area contributed by atoms with Crippen molar-refractivity contribution in [2.24, 2.45) is 5.92 Å². The summed E-state index contributed by atoms with van der Waals surface area (Å²) in [6.45, 7) is 7.28. The number of unbranched alkanes of at least 4 members (excludes halogenated alkanes) is 1. The number of piperazine rings is 1. The largest absolute Gasteiger partial charge is 0.416 e. The number of benzene rings is 3. The number of nitrogens with one attached hydrogen (secondary N) is 1. The molecule has 0 saturated carbocycles. The van der Waals surface area contributed by atoms with Crippen LogP contribution in [0.5, 0.6) is 0 Å². The van der Waals surface area contributed by atoms with E-state index in [2.05, 4.69) is 44.1 Å². The number of rotatable bonds is 12. The molecule has 1 aromatic heterocycles. The maximum Gasteiger partial charge on any atom is 0.416 e. The van der Waals surface area contributed by atoms with Gasteiger partial charge in [-0.05, 0) is 124 Å². The third-order valence-electron chi connectivity index (χ3n) is 10.1. The molecule has 2 saturated heterocycles. The Balaban J connectivity index is 0.872. The van der Waals surface area contributed by atoms with E-state index in [0.29, 0.717) is 30.0 Å². The number of aromatic nitrogens is 1. The highest BCUT2D eigenvalue weighted by Gasteiger charge is 2.30. The second-order valence-corrected chi connectivity index (χ2v) is 13.4. The van der Waals surface area contributed by atoms with E-state index in [0.717, 1.165) is 113 Å². The second-order valence-electron chi connectivity index (χ2n) is 13.4. The van der Waals surface area contributed by atoms with E-state index in [4.69, 9.17) is 0 Å². The van der Waals surface area contributed by atoms with Gasteiger partial charge < -0.3 is 9.88 Å². The molecule has 2 fully saturated rings. The summed E-state index contributed by atoms with van der Waals surface area (Å²) in [6.07, 6.45) is 4.32. The van der Waals surface area contributed by atoms with Gasteiger partial charge in [0.05, 0.1) is 17.2 Å². The molecule has 9 heteroatoms. The molecule has 0 amide bonds. The summed E-state index contributed by atoms with van der Waals surface area (Å²) in [6, 6.07) is 21.7. The Morgan fingerprint density at radius 1 is 0.896 bits per heavy atom. The predicted octanol–water partition coefficient (Wildman–Crippen LogP) is 8.08. The topological polar surface area (TPSA) is 66.4 Å². The molecule has 6 rings (SSSR count). The average Bonchev–Trinajstić information content (AvgIpc) is 3.52. The van der Waals surface area contributed by atoms with Crippen molar-refractivity contribution in [2.45, 2.75) is 57.7 Å². The highest BCUT2D eigenvalue weighted by molar-refractivity contribution is 5.96. The number of Topliss-reactive ketones (excluding diaryl/α,β-unsaturated/α-hetero) is 1. The minimum absolute atomic E-state index is 0.177. The number of carbonyl (C=O) groups is 1. The second kappa shape index (κ2) is 15.4. The fraction of sp³-hybridized carbons (Fsp3) is 0.436. The first-order valence-corrected chi connectivity index (χ1v) is 17.2. The number of H-pyrrole nitrogens is 1. The summed E-state index contributed by atoms with van der Waals surface area (Å²) in [5, 5.41) is 10.4. The standard InChI is InChI=1S/C39H44F3N5O/c40-39(41,42)34-6-3-4-31(24-34)28-46-18-15-29(16-19-46)8-14-38(48)32-9-11-35(12-10-32)47-22-20-45(21-23-47)17-2-1-5-33-27-44-37-13-7-30(26-43)25-36(33)37/h3-4,6-7,9-13,24-25,27,29,44H,1-2,5,8,14-23,28H2. The van der Waals surface area contributed by atoms with Crippen LogP contribution in [0.2, 0.25) is 0 Å². The van der Waals surface area contributed by atoms with E-state index in [1.165, 1.54) is 17.7 Å². The Bertz CT molecular complexity index is 1710. The van der Waals surface area contributed by atoms with Crippen molar-refractivity contribution >= 4 is 22.4 Å². The fourth-order valence-electron chi connectivity index (χ4n) is 7.21. The quantitative estimate of drug-likeness (QED) is 0.124. The van der Waals surface area contributed by atoms with Gasteiger partial charge in [0.1, 0.15) is 0 Å². The molecule has 252 valence electrons. The average molecular weight is 656 g/mol. The van der Waals surface area contributed by atoms with Gasteiger partial charge in [-0.2, -0.15) is 18.4 Å². The Hall–Kier alpha value is -4.13. The molecule has 48 heavy (non-hydrogen) atoms. The number of hydrogen-bond acceptors (Lipinski definition) is 5. The number of halogens is 3. The van der Waals surface area contributed by atoms with Crippen molar-refractivity contribution < 1.29 is 18.0 Å². The van der Waals surface area contributed by atoms with Crippen LogP contribution in [-0.2, 0) is 19.1 Å². The third-order valence-corrected chi connectivity index (χ3v) is 10.1. The smallest absolute Gasteiger partial charge is 0.369 e. The molecule has 2 aliphatic rings. The summed E-state index contributed by atoms with van der Waals surface area (Å²) in [5.74, 6) is 0.643. The van der Waals surface area contributed by atoms with Gasteiger partial charge >= 0.3 is 6.18 Å². The number of anilines is 1. The molecule has 3 aromatic carbocycles. The molecule has 4 aromatic rings. The van der Waals surface area contributed by atoms with Crippen molar-refractivity contribution in [3.8, 4) is 6.07 Å². The maximum absolute atomic E-state index is 13.1. The van der Waals surface area contributed by atoms with E-state index in [1.807, 2.05) is 30.3 Å². The number of ketones is 1. The predicted molar refractivity (Wildman–Crippen MR) is 184 cm³/mol. The van der Waals surface area contributed by atoms with Crippen LogP contribution >= 0.6 is 0 Å². The van der Waals surface area contributed by atoms with Crippen molar-refractivity contribution in [1.82, 2.24) is 14.8 Å². The summed E-state index contributed by atoms with van der Waals surface area (Å²) in [5.41, 5.74) is 5.09. The number of fused-ring (bicyclic) bond motifs is 1. The molecule has 0 spiro atoms. The molecular weight excluding hydrogens is 611 g/mol. The normalized spacial score (nSPS) is 16.8. The van der Waals surface area contributed by atoms with Crippen LogP contribution in [0.15, 0.2) is 72.9 Å². The molecule has 0 aliphatic carbocycles. The van der Waals surface area contributed by atoms with E-state index in [9.17, 15) is 23.2 Å². The summed E-state index contributed by atoms with van der Waals surface area (Å²) in [4.78, 5) is 23.5. The molecule has 0 unspecified atom stereocenters. The molecule has 0 atom stereocenters. The number of hydrogen-bond donors (Lipinski definition) is 1. The minimum atomic E-state index is -4.32. The number of nitrogens with zero attached hydrogens (tertiary/aromatic N) is 4. The van der Waals surface area contributed by atoms with Gasteiger partial charge in [-0.15, -0.1) is 0 Å². The molecule has 3 heterocycles. The van der Waals surface area contributed by atoms with E-state index < -0.39 is 11.7 Å². The monoisotopic (exact) mass is 655 g/mol. The van der Waals surface area contributed by atoms with Gasteiger partial charge in [-0.25, -0.2) is 0 Å². The number of aromatic amines is 1. The number of likely N-dealkylation sites (tertiary alicyclic amines) is 1. The maximum atomic E-state index is 13.1. The molecular formula is C39H44F3N5O. The van der Waals surface area contributed by atoms with Gasteiger partial charge in [-0.3, -0.25) is 14.6 Å². The first-order valence-electron chi connectivity index (χ1n) is 17.2. The van der Waals surface area contributed by atoms with Gasteiger partial charge in [0.15, 0.2) is 5.78 Å². The van der Waals surface area contributed by atoms with E-state index >= 15 is 0 Å². The number of nitriles is 1. The van der Waals surface area contributed by atoms with Crippen molar-refractivity contribution in [3.63, 3.8) is 0 Å². The van der Waals surface area contributed by atoms with Crippen LogP contribution in [0.25, 0.3) is 10.9 Å². The third kappa shape index (κ3) is 8.66. The van der Waals surface area contributed by atoms with Gasteiger partial charge in [0, 0.05) is 67.5 Å². The van der Waals surface area contributed by atoms with Gasteiger partial charge in [0.2, 0.25) is 0 Å². The van der Waals surface area contributed by atoms with Crippen molar-refractivity contribution in [2.75, 3.05) is 50.7 Å². The summed E-state index contributed by atoms with van der Waals surface area (Å²) >= 11 is 0. The fourth-order valence-corrected chi connectivity index (χ4v) is 7.21. The van der Waals surface area contributed by atoms with Crippen molar-refractivity contribution in [1.29, 1.82) is 5.26 Å². The van der Waals surface area contributed by atoms with Crippen molar-refractivity contribution in [3.05, 3.63) is 101 Å². The van der Waals surface area contributed by atoms with Crippen LogP contribution in [0.4, 0.5) is 18.9 Å². The number of aryl methyl sites for hydroxylation is 1. The van der Waals surface area contributed by atoms with E-state index in [1.54, 1.807) is 6.07 Å². The molecule has 2 aliphatic heterocycles. The van der Waals surface area contributed by atoms with E-state index in [-0.39, 0.29) is 5.78 Å².